The Morgan fingerprint density at radius 2 is 1.84 bits per heavy atom. The molecule has 3 aromatic rings. The maximum atomic E-state index is 9.57. The SMILES string of the molecule is N#CC1=C(N)Oc2nc(-c3ccc(Cl)cc3)sc2[C@@H]1c1ccccc1. The Morgan fingerprint density at radius 1 is 1.12 bits per heavy atom. The first-order valence-corrected chi connectivity index (χ1v) is 8.76. The number of hydrogen-bond donors (Lipinski definition) is 1. The quantitative estimate of drug-likeness (QED) is 0.715. The number of ether oxygens (including phenoxy) is 1. The number of fused-ring (bicyclic) bond motifs is 1. The standard InChI is InChI=1S/C19H12ClN3OS/c20-13-8-6-12(7-9-13)19-23-18-16(25-19)15(11-4-2-1-3-5-11)14(10-21)17(22)24-18/h1-9,15H,22H2/t15-/m1/s1. The molecule has 2 N–H and O–H groups in total. The van der Waals surface area contributed by atoms with E-state index in [1.165, 1.54) is 11.3 Å². The largest absolute Gasteiger partial charge is 0.421 e. The lowest BCUT2D eigenvalue weighted by molar-refractivity contribution is 0.383. The van der Waals surface area contributed by atoms with Crippen LogP contribution in [0.1, 0.15) is 16.4 Å². The summed E-state index contributed by atoms with van der Waals surface area (Å²) in [5, 5.41) is 11.0. The van der Waals surface area contributed by atoms with Crippen molar-refractivity contribution in [1.82, 2.24) is 4.98 Å². The second kappa shape index (κ2) is 6.25. The van der Waals surface area contributed by atoms with E-state index in [0.717, 1.165) is 21.0 Å². The molecule has 4 nitrogen and oxygen atoms in total. The Bertz CT molecular complexity index is 1000. The second-order valence-electron chi connectivity index (χ2n) is 5.53. The van der Waals surface area contributed by atoms with Gasteiger partial charge in [-0.3, -0.25) is 0 Å². The summed E-state index contributed by atoms with van der Waals surface area (Å²) in [7, 11) is 0. The van der Waals surface area contributed by atoms with Gasteiger partial charge in [0.25, 0.3) is 0 Å². The molecule has 0 amide bonds. The molecule has 0 radical (unpaired) electrons. The van der Waals surface area contributed by atoms with Gasteiger partial charge in [-0.15, -0.1) is 11.3 Å². The van der Waals surface area contributed by atoms with Crippen molar-refractivity contribution in [3.8, 4) is 22.5 Å². The predicted molar refractivity (Wildman–Crippen MR) is 98.3 cm³/mol. The van der Waals surface area contributed by atoms with Crippen LogP contribution in [0.25, 0.3) is 10.6 Å². The van der Waals surface area contributed by atoms with Crippen molar-refractivity contribution in [2.24, 2.45) is 5.73 Å². The Morgan fingerprint density at radius 3 is 2.52 bits per heavy atom. The number of hydrogen-bond acceptors (Lipinski definition) is 5. The maximum absolute atomic E-state index is 9.57. The van der Waals surface area contributed by atoms with Crippen molar-refractivity contribution in [2.75, 3.05) is 0 Å². The number of rotatable bonds is 2. The van der Waals surface area contributed by atoms with Crippen LogP contribution in [0.5, 0.6) is 5.88 Å². The molecule has 4 rings (SSSR count). The minimum atomic E-state index is -0.270. The molecule has 1 aromatic heterocycles. The summed E-state index contributed by atoms with van der Waals surface area (Å²) in [5.74, 6) is 0.297. The molecule has 122 valence electrons. The Hall–Kier alpha value is -2.81. The van der Waals surface area contributed by atoms with E-state index < -0.39 is 0 Å². The number of nitrogens with two attached hydrogens (primary N) is 1. The van der Waals surface area contributed by atoms with Gasteiger partial charge in [-0.1, -0.05) is 54.1 Å². The molecular weight excluding hydrogens is 354 g/mol. The molecule has 0 spiro atoms. The third kappa shape index (κ3) is 2.76. The number of thiazole rings is 1. The highest BCUT2D eigenvalue weighted by molar-refractivity contribution is 7.15. The Kier molecular flexibility index (Phi) is 3.92. The third-order valence-corrected chi connectivity index (χ3v) is 5.39. The van der Waals surface area contributed by atoms with E-state index in [9.17, 15) is 5.26 Å². The van der Waals surface area contributed by atoms with Crippen molar-refractivity contribution >= 4 is 22.9 Å². The zero-order valence-corrected chi connectivity index (χ0v) is 14.5. The fourth-order valence-corrected chi connectivity index (χ4v) is 4.07. The van der Waals surface area contributed by atoms with E-state index in [2.05, 4.69) is 11.1 Å². The van der Waals surface area contributed by atoms with Gasteiger partial charge in [-0.05, 0) is 17.7 Å². The summed E-state index contributed by atoms with van der Waals surface area (Å²) in [5.41, 5.74) is 8.31. The van der Waals surface area contributed by atoms with Gasteiger partial charge in [0.2, 0.25) is 11.8 Å². The normalized spacial score (nSPS) is 16.1. The van der Waals surface area contributed by atoms with Gasteiger partial charge < -0.3 is 10.5 Å². The minimum Gasteiger partial charge on any atom is -0.421 e. The molecule has 0 unspecified atom stereocenters. The van der Waals surface area contributed by atoms with E-state index in [-0.39, 0.29) is 11.8 Å². The molecule has 1 aliphatic rings. The molecular formula is C19H12ClN3OS. The highest BCUT2D eigenvalue weighted by Crippen LogP contribution is 2.46. The summed E-state index contributed by atoms with van der Waals surface area (Å²) >= 11 is 7.46. The first-order valence-electron chi connectivity index (χ1n) is 7.56. The monoisotopic (exact) mass is 365 g/mol. The average molecular weight is 366 g/mol. The van der Waals surface area contributed by atoms with E-state index in [1.54, 1.807) is 0 Å². The summed E-state index contributed by atoms with van der Waals surface area (Å²) in [6, 6.07) is 19.4. The van der Waals surface area contributed by atoms with Crippen LogP contribution in [-0.4, -0.2) is 4.98 Å². The second-order valence-corrected chi connectivity index (χ2v) is 7.00. The molecule has 6 heteroatoms. The highest BCUT2D eigenvalue weighted by atomic mass is 35.5. The zero-order chi connectivity index (χ0) is 17.4. The van der Waals surface area contributed by atoms with E-state index in [4.69, 9.17) is 22.1 Å². The van der Waals surface area contributed by atoms with Gasteiger partial charge in [-0.2, -0.15) is 5.26 Å². The molecule has 2 heterocycles. The number of nitriles is 1. The van der Waals surface area contributed by atoms with Gasteiger partial charge in [-0.25, -0.2) is 4.98 Å². The van der Waals surface area contributed by atoms with Crippen LogP contribution >= 0.6 is 22.9 Å². The number of benzene rings is 2. The van der Waals surface area contributed by atoms with Crippen LogP contribution in [0.2, 0.25) is 5.02 Å². The van der Waals surface area contributed by atoms with Gasteiger partial charge in [0, 0.05) is 10.6 Å². The smallest absolute Gasteiger partial charge is 0.236 e. The lowest BCUT2D eigenvalue weighted by Crippen LogP contribution is -2.20. The Balaban J connectivity index is 1.86. The molecule has 25 heavy (non-hydrogen) atoms. The fraction of sp³-hybridized carbons (Fsp3) is 0.0526. The van der Waals surface area contributed by atoms with Crippen molar-refractivity contribution in [1.29, 1.82) is 5.26 Å². The van der Waals surface area contributed by atoms with Crippen LogP contribution < -0.4 is 10.5 Å². The van der Waals surface area contributed by atoms with Gasteiger partial charge in [0.1, 0.15) is 16.6 Å². The van der Waals surface area contributed by atoms with Crippen molar-refractivity contribution in [2.45, 2.75) is 5.92 Å². The van der Waals surface area contributed by atoms with Crippen molar-refractivity contribution in [3.05, 3.63) is 81.5 Å². The molecule has 0 bridgehead atoms. The average Bonchev–Trinajstić information content (AvgIpc) is 3.05. The summed E-state index contributed by atoms with van der Waals surface area (Å²) in [6.45, 7) is 0. The van der Waals surface area contributed by atoms with Crippen LogP contribution in [0, 0.1) is 11.3 Å². The molecule has 0 saturated heterocycles. The topological polar surface area (TPSA) is 71.9 Å². The van der Waals surface area contributed by atoms with Crippen molar-refractivity contribution < 1.29 is 4.74 Å². The lowest BCUT2D eigenvalue weighted by Gasteiger charge is -2.22. The number of aromatic nitrogens is 1. The number of allylic oxidation sites excluding steroid dienone is 1. The predicted octanol–water partition coefficient (Wildman–Crippen LogP) is 4.68. The minimum absolute atomic E-state index is 0.108. The molecule has 1 atom stereocenters. The fourth-order valence-electron chi connectivity index (χ4n) is 2.81. The summed E-state index contributed by atoms with van der Waals surface area (Å²) in [6.07, 6.45) is 0. The summed E-state index contributed by atoms with van der Waals surface area (Å²) < 4.78 is 5.62. The van der Waals surface area contributed by atoms with Gasteiger partial charge in [0.15, 0.2) is 0 Å². The van der Waals surface area contributed by atoms with Gasteiger partial charge >= 0.3 is 0 Å². The van der Waals surface area contributed by atoms with Gasteiger partial charge in [0.05, 0.1) is 10.8 Å². The molecule has 0 fully saturated rings. The third-order valence-electron chi connectivity index (χ3n) is 3.99. The van der Waals surface area contributed by atoms with E-state index in [0.29, 0.717) is 16.5 Å². The first-order chi connectivity index (χ1) is 12.2. The van der Waals surface area contributed by atoms with Crippen LogP contribution in [0.3, 0.4) is 0 Å². The van der Waals surface area contributed by atoms with Crippen molar-refractivity contribution in [3.63, 3.8) is 0 Å². The molecule has 2 aromatic carbocycles. The number of nitrogens with zero attached hydrogens (tertiary/aromatic N) is 2. The lowest BCUT2D eigenvalue weighted by atomic mass is 9.89. The molecule has 0 saturated carbocycles. The zero-order valence-electron chi connectivity index (χ0n) is 12.9. The summed E-state index contributed by atoms with van der Waals surface area (Å²) in [4.78, 5) is 5.45. The first kappa shape index (κ1) is 15.7. The maximum Gasteiger partial charge on any atom is 0.236 e. The van der Waals surface area contributed by atoms with E-state index >= 15 is 0 Å². The van der Waals surface area contributed by atoms with Crippen LogP contribution in [-0.2, 0) is 0 Å². The molecule has 0 aliphatic carbocycles. The molecule has 1 aliphatic heterocycles. The highest BCUT2D eigenvalue weighted by Gasteiger charge is 2.34. The Labute approximate surface area is 153 Å². The van der Waals surface area contributed by atoms with Crippen LogP contribution in [0.15, 0.2) is 66.1 Å². The van der Waals surface area contributed by atoms with E-state index in [1.807, 2.05) is 54.6 Å². The van der Waals surface area contributed by atoms with Crippen LogP contribution in [0.4, 0.5) is 0 Å². The number of halogens is 1.